The molecule has 4 rings (SSSR count). The van der Waals surface area contributed by atoms with E-state index in [0.29, 0.717) is 5.75 Å². The van der Waals surface area contributed by atoms with Crippen molar-refractivity contribution >= 4 is 5.91 Å². The van der Waals surface area contributed by atoms with Crippen molar-refractivity contribution in [1.82, 2.24) is 14.9 Å². The van der Waals surface area contributed by atoms with Crippen molar-refractivity contribution in [1.29, 1.82) is 0 Å². The second-order valence-electron chi connectivity index (χ2n) is 7.30. The van der Waals surface area contributed by atoms with E-state index in [4.69, 9.17) is 9.47 Å². The molecule has 6 nitrogen and oxygen atoms in total. The summed E-state index contributed by atoms with van der Waals surface area (Å²) in [6.07, 6.45) is 7.48. The third-order valence-corrected chi connectivity index (χ3v) is 5.16. The van der Waals surface area contributed by atoms with Crippen LogP contribution < -0.4 is 4.74 Å². The van der Waals surface area contributed by atoms with Crippen molar-refractivity contribution in [3.8, 4) is 11.5 Å². The first-order valence-electron chi connectivity index (χ1n) is 9.23. The minimum atomic E-state index is -0.483. The lowest BCUT2D eigenvalue weighted by atomic mass is 9.92. The SMILES string of the molecule is CC(C)N(C(=O)c1cc(F)ccc1Oc1cncnc1)[C@@H]1C[C@@H]2CC[C@H]1O2. The molecule has 3 atom stereocenters. The Labute approximate surface area is 157 Å². The lowest BCUT2D eigenvalue weighted by Crippen LogP contribution is -2.49. The van der Waals surface area contributed by atoms with Crippen LogP contribution in [-0.2, 0) is 4.74 Å². The fourth-order valence-electron chi connectivity index (χ4n) is 4.03. The molecule has 2 saturated heterocycles. The van der Waals surface area contributed by atoms with E-state index in [1.165, 1.54) is 36.9 Å². The quantitative estimate of drug-likeness (QED) is 0.804. The van der Waals surface area contributed by atoms with E-state index < -0.39 is 5.82 Å². The first-order chi connectivity index (χ1) is 13.0. The number of halogens is 1. The molecule has 0 saturated carbocycles. The van der Waals surface area contributed by atoms with Crippen LogP contribution in [0.1, 0.15) is 43.5 Å². The summed E-state index contributed by atoms with van der Waals surface area (Å²) in [5, 5.41) is 0. The van der Waals surface area contributed by atoms with E-state index in [1.54, 1.807) is 0 Å². The van der Waals surface area contributed by atoms with Crippen molar-refractivity contribution < 1.29 is 18.7 Å². The molecular weight excluding hydrogens is 349 g/mol. The molecule has 2 fully saturated rings. The molecule has 0 spiro atoms. The normalized spacial score (nSPS) is 23.6. The van der Waals surface area contributed by atoms with Gasteiger partial charge >= 0.3 is 0 Å². The Morgan fingerprint density at radius 3 is 2.70 bits per heavy atom. The predicted octanol–water partition coefficient (Wildman–Crippen LogP) is 3.58. The molecule has 0 radical (unpaired) electrons. The first kappa shape index (κ1) is 17.9. The molecule has 2 aliphatic heterocycles. The Bertz CT molecular complexity index is 830. The van der Waals surface area contributed by atoms with Crippen LogP contribution in [0.15, 0.2) is 36.9 Å². The number of hydrogen-bond donors (Lipinski definition) is 0. The van der Waals surface area contributed by atoms with Crippen molar-refractivity contribution in [2.75, 3.05) is 0 Å². The van der Waals surface area contributed by atoms with Gasteiger partial charge in [0.1, 0.15) is 17.9 Å². The summed E-state index contributed by atoms with van der Waals surface area (Å²) in [5.74, 6) is -0.0659. The van der Waals surface area contributed by atoms with Gasteiger partial charge in [-0.15, -0.1) is 0 Å². The maximum absolute atomic E-state index is 14.0. The molecular formula is C20H22FN3O3. The predicted molar refractivity (Wildman–Crippen MR) is 96.1 cm³/mol. The van der Waals surface area contributed by atoms with E-state index in [9.17, 15) is 9.18 Å². The van der Waals surface area contributed by atoms with Gasteiger partial charge in [0.2, 0.25) is 0 Å². The van der Waals surface area contributed by atoms with E-state index in [-0.39, 0.29) is 41.5 Å². The van der Waals surface area contributed by atoms with Crippen molar-refractivity contribution in [3.63, 3.8) is 0 Å². The van der Waals surface area contributed by atoms with E-state index in [1.807, 2.05) is 18.7 Å². The largest absolute Gasteiger partial charge is 0.453 e. The number of hydrogen-bond acceptors (Lipinski definition) is 5. The summed E-state index contributed by atoms with van der Waals surface area (Å²) in [6, 6.07) is 3.93. The second kappa shape index (κ2) is 7.23. The molecule has 3 heterocycles. The van der Waals surface area contributed by atoms with Crippen molar-refractivity contribution in [2.24, 2.45) is 0 Å². The van der Waals surface area contributed by atoms with Gasteiger partial charge in [0.15, 0.2) is 5.75 Å². The molecule has 142 valence electrons. The maximum atomic E-state index is 14.0. The van der Waals surface area contributed by atoms with Crippen LogP contribution in [0.3, 0.4) is 0 Å². The number of carbonyl (C=O) groups is 1. The summed E-state index contributed by atoms with van der Waals surface area (Å²) in [7, 11) is 0. The van der Waals surface area contributed by atoms with Gasteiger partial charge in [0.25, 0.3) is 5.91 Å². The molecule has 7 heteroatoms. The zero-order chi connectivity index (χ0) is 19.0. The molecule has 1 aromatic carbocycles. The Kier molecular flexibility index (Phi) is 4.78. The highest BCUT2D eigenvalue weighted by Crippen LogP contribution is 2.39. The van der Waals surface area contributed by atoms with Crippen LogP contribution in [0, 0.1) is 5.82 Å². The molecule has 0 aliphatic carbocycles. The Morgan fingerprint density at radius 2 is 2.07 bits per heavy atom. The highest BCUT2D eigenvalue weighted by Gasteiger charge is 2.46. The number of nitrogens with zero attached hydrogens (tertiary/aromatic N) is 3. The first-order valence-corrected chi connectivity index (χ1v) is 9.23. The summed E-state index contributed by atoms with van der Waals surface area (Å²) in [4.78, 5) is 23.0. The molecule has 2 bridgehead atoms. The van der Waals surface area contributed by atoms with Gasteiger partial charge in [-0.25, -0.2) is 14.4 Å². The fraction of sp³-hybridized carbons (Fsp3) is 0.450. The third kappa shape index (κ3) is 3.51. The van der Waals surface area contributed by atoms with Crippen LogP contribution in [0.4, 0.5) is 4.39 Å². The zero-order valence-corrected chi connectivity index (χ0v) is 15.3. The van der Waals surface area contributed by atoms with Gasteiger partial charge in [0.05, 0.1) is 36.2 Å². The maximum Gasteiger partial charge on any atom is 0.258 e. The number of carbonyl (C=O) groups excluding carboxylic acids is 1. The van der Waals surface area contributed by atoms with Gasteiger partial charge in [-0.2, -0.15) is 0 Å². The number of fused-ring (bicyclic) bond motifs is 2. The molecule has 1 amide bonds. The average molecular weight is 371 g/mol. The minimum absolute atomic E-state index is 0.00688. The van der Waals surface area contributed by atoms with Crippen molar-refractivity contribution in [3.05, 3.63) is 48.3 Å². The molecule has 2 aliphatic rings. The van der Waals surface area contributed by atoms with Gasteiger partial charge in [-0.05, 0) is 51.3 Å². The second-order valence-corrected chi connectivity index (χ2v) is 7.30. The Morgan fingerprint density at radius 1 is 1.30 bits per heavy atom. The lowest BCUT2D eigenvalue weighted by molar-refractivity contribution is 0.0413. The lowest BCUT2D eigenvalue weighted by Gasteiger charge is -2.36. The van der Waals surface area contributed by atoms with Crippen LogP contribution in [0.2, 0.25) is 0 Å². The van der Waals surface area contributed by atoms with Gasteiger partial charge in [0, 0.05) is 6.04 Å². The highest BCUT2D eigenvalue weighted by molar-refractivity contribution is 5.97. The van der Waals surface area contributed by atoms with Crippen molar-refractivity contribution in [2.45, 2.75) is 57.4 Å². The summed E-state index contributed by atoms with van der Waals surface area (Å²) < 4.78 is 25.7. The third-order valence-electron chi connectivity index (χ3n) is 5.16. The van der Waals surface area contributed by atoms with E-state index >= 15 is 0 Å². The van der Waals surface area contributed by atoms with Crippen LogP contribution in [-0.4, -0.2) is 45.1 Å². The highest BCUT2D eigenvalue weighted by atomic mass is 19.1. The minimum Gasteiger partial charge on any atom is -0.453 e. The molecule has 2 aromatic rings. The molecule has 0 N–H and O–H groups in total. The Hall–Kier alpha value is -2.54. The molecule has 0 unspecified atom stereocenters. The number of amides is 1. The Balaban J connectivity index is 1.66. The monoisotopic (exact) mass is 371 g/mol. The van der Waals surface area contributed by atoms with Gasteiger partial charge in [-0.1, -0.05) is 0 Å². The van der Waals surface area contributed by atoms with Gasteiger partial charge in [-0.3, -0.25) is 4.79 Å². The number of benzene rings is 1. The van der Waals surface area contributed by atoms with Crippen LogP contribution in [0.5, 0.6) is 11.5 Å². The number of rotatable bonds is 5. The summed E-state index contributed by atoms with van der Waals surface area (Å²) >= 11 is 0. The summed E-state index contributed by atoms with van der Waals surface area (Å²) in [6.45, 7) is 3.93. The number of ether oxygens (including phenoxy) is 2. The fourth-order valence-corrected chi connectivity index (χ4v) is 4.03. The van der Waals surface area contributed by atoms with Crippen LogP contribution >= 0.6 is 0 Å². The topological polar surface area (TPSA) is 64.6 Å². The van der Waals surface area contributed by atoms with Gasteiger partial charge < -0.3 is 14.4 Å². The smallest absolute Gasteiger partial charge is 0.258 e. The summed E-state index contributed by atoms with van der Waals surface area (Å²) in [5.41, 5.74) is 0.190. The van der Waals surface area contributed by atoms with E-state index in [0.717, 1.165) is 19.3 Å². The average Bonchev–Trinajstić information content (AvgIpc) is 3.27. The van der Waals surface area contributed by atoms with E-state index in [2.05, 4.69) is 9.97 Å². The standard InChI is InChI=1S/C20H22FN3O3/c1-12(2)24(17-8-14-4-6-19(17)26-14)20(25)16-7-13(21)3-5-18(16)27-15-9-22-11-23-10-15/h3,5,7,9-12,14,17,19H,4,6,8H2,1-2H3/t14-,17+,19+/m0/s1. The van der Waals surface area contributed by atoms with Crippen LogP contribution in [0.25, 0.3) is 0 Å². The molecule has 1 aromatic heterocycles. The number of aromatic nitrogens is 2. The zero-order valence-electron chi connectivity index (χ0n) is 15.3. The molecule has 27 heavy (non-hydrogen) atoms.